The monoisotopic (exact) mass is 481 g/mol. The molecule has 182 valence electrons. The molecule has 0 saturated heterocycles. The van der Waals surface area contributed by atoms with Crippen LogP contribution in [0.15, 0.2) is 70.6 Å². The summed E-state index contributed by atoms with van der Waals surface area (Å²) < 4.78 is 84.8. The first-order valence-electron chi connectivity index (χ1n) is 11.3. The minimum atomic E-state index is -5.75. The molecule has 0 N–H and O–H groups in total. The number of aliphatic imine (C=N–C) groups is 2. The molecule has 9 heteroatoms. The molecule has 1 saturated carbocycles. The SMILES string of the molecule is FC(F)(F)C1(C(F)(F)F)N=C(CCc2ccccc2)N(C2CCCCC2)C(c2ccccc2)=N1. The zero-order chi connectivity index (χ0) is 24.4. The van der Waals surface area contributed by atoms with E-state index in [2.05, 4.69) is 9.98 Å². The fraction of sp³-hybridized carbons (Fsp3) is 0.440. The summed E-state index contributed by atoms with van der Waals surface area (Å²) in [5.41, 5.74) is -3.53. The van der Waals surface area contributed by atoms with Crippen molar-refractivity contribution in [3.63, 3.8) is 0 Å². The first-order valence-corrected chi connectivity index (χ1v) is 11.3. The van der Waals surface area contributed by atoms with Crippen molar-refractivity contribution in [2.45, 2.75) is 69.0 Å². The Morgan fingerprint density at radius 1 is 0.735 bits per heavy atom. The third-order valence-corrected chi connectivity index (χ3v) is 6.31. The van der Waals surface area contributed by atoms with Crippen molar-refractivity contribution in [1.82, 2.24) is 4.90 Å². The molecule has 1 aliphatic carbocycles. The van der Waals surface area contributed by atoms with Gasteiger partial charge in [-0.2, -0.15) is 26.3 Å². The molecule has 0 atom stereocenters. The Labute approximate surface area is 194 Å². The van der Waals surface area contributed by atoms with Crippen molar-refractivity contribution < 1.29 is 26.3 Å². The van der Waals surface area contributed by atoms with Gasteiger partial charge in [0.05, 0.1) is 0 Å². The highest BCUT2D eigenvalue weighted by Gasteiger charge is 2.74. The maximum atomic E-state index is 14.1. The predicted molar refractivity (Wildman–Crippen MR) is 119 cm³/mol. The maximum absolute atomic E-state index is 14.1. The second-order valence-corrected chi connectivity index (χ2v) is 8.64. The summed E-state index contributed by atoms with van der Waals surface area (Å²) in [7, 11) is 0. The molecule has 1 heterocycles. The highest BCUT2D eigenvalue weighted by Crippen LogP contribution is 2.49. The van der Waals surface area contributed by atoms with Gasteiger partial charge in [0.2, 0.25) is 0 Å². The van der Waals surface area contributed by atoms with Gasteiger partial charge >= 0.3 is 18.0 Å². The number of nitrogens with zero attached hydrogens (tertiary/aromatic N) is 3. The van der Waals surface area contributed by atoms with E-state index in [1.165, 1.54) is 12.1 Å². The Kier molecular flexibility index (Phi) is 6.73. The molecule has 2 aromatic rings. The first kappa shape index (κ1) is 24.3. The van der Waals surface area contributed by atoms with Crippen molar-refractivity contribution in [2.24, 2.45) is 9.98 Å². The molecule has 1 aliphatic heterocycles. The molecule has 4 rings (SSSR count). The normalized spacial score (nSPS) is 19.5. The zero-order valence-corrected chi connectivity index (χ0v) is 18.4. The fourth-order valence-corrected chi connectivity index (χ4v) is 4.60. The molecular formula is C25H25F6N3. The largest absolute Gasteiger partial charge is 0.443 e. The van der Waals surface area contributed by atoms with Crippen molar-refractivity contribution in [3.05, 3.63) is 71.8 Å². The van der Waals surface area contributed by atoms with Gasteiger partial charge in [0.25, 0.3) is 0 Å². The van der Waals surface area contributed by atoms with E-state index in [0.29, 0.717) is 12.8 Å². The van der Waals surface area contributed by atoms with E-state index in [9.17, 15) is 26.3 Å². The predicted octanol–water partition coefficient (Wildman–Crippen LogP) is 6.93. The van der Waals surface area contributed by atoms with Gasteiger partial charge in [0, 0.05) is 18.0 Å². The van der Waals surface area contributed by atoms with E-state index in [0.717, 1.165) is 24.8 Å². The lowest BCUT2D eigenvalue weighted by Crippen LogP contribution is -2.61. The summed E-state index contributed by atoms with van der Waals surface area (Å²) in [5.74, 6) is -0.542. The second kappa shape index (κ2) is 9.43. The Balaban J connectivity index is 1.88. The quantitative estimate of drug-likeness (QED) is 0.426. The van der Waals surface area contributed by atoms with Crippen LogP contribution in [0.25, 0.3) is 0 Å². The van der Waals surface area contributed by atoms with Crippen LogP contribution in [0.4, 0.5) is 26.3 Å². The Hall–Kier alpha value is -2.84. The van der Waals surface area contributed by atoms with Crippen LogP contribution in [0.1, 0.15) is 49.7 Å². The van der Waals surface area contributed by atoms with Crippen LogP contribution < -0.4 is 0 Å². The van der Waals surface area contributed by atoms with Gasteiger partial charge in [-0.15, -0.1) is 0 Å². The van der Waals surface area contributed by atoms with E-state index in [-0.39, 0.29) is 36.1 Å². The van der Waals surface area contributed by atoms with Crippen LogP contribution in [-0.2, 0) is 6.42 Å². The molecule has 2 aliphatic rings. The highest BCUT2D eigenvalue weighted by molar-refractivity contribution is 6.11. The molecule has 34 heavy (non-hydrogen) atoms. The van der Waals surface area contributed by atoms with Gasteiger partial charge in [0.15, 0.2) is 0 Å². The van der Waals surface area contributed by atoms with Gasteiger partial charge in [-0.05, 0) is 24.8 Å². The standard InChI is InChI=1S/C25H25F6N3/c26-24(27,28)23(25(29,30)31)32-21(17-16-18-10-4-1-5-11-18)34(20-14-8-3-9-15-20)22(33-23)19-12-6-2-7-13-19/h1-2,4-7,10-13,20H,3,8-9,14-17H2. The summed E-state index contributed by atoms with van der Waals surface area (Å²) in [6.45, 7) is 0. The lowest BCUT2D eigenvalue weighted by Gasteiger charge is -2.44. The fourth-order valence-electron chi connectivity index (χ4n) is 4.60. The molecular weight excluding hydrogens is 456 g/mol. The maximum Gasteiger partial charge on any atom is 0.443 e. The molecule has 3 nitrogen and oxygen atoms in total. The van der Waals surface area contributed by atoms with Gasteiger partial charge in [-0.1, -0.05) is 79.9 Å². The lowest BCUT2D eigenvalue weighted by molar-refractivity contribution is -0.293. The number of halogens is 6. The number of hydrogen-bond donors (Lipinski definition) is 0. The third kappa shape index (κ3) is 4.70. The van der Waals surface area contributed by atoms with Crippen molar-refractivity contribution in [3.8, 4) is 0 Å². The molecule has 2 aromatic carbocycles. The van der Waals surface area contributed by atoms with Gasteiger partial charge in [-0.3, -0.25) is 0 Å². The van der Waals surface area contributed by atoms with Crippen LogP contribution in [0.2, 0.25) is 0 Å². The average molecular weight is 481 g/mol. The Morgan fingerprint density at radius 3 is 1.85 bits per heavy atom. The van der Waals surface area contributed by atoms with Crippen LogP contribution >= 0.6 is 0 Å². The molecule has 0 spiro atoms. The van der Waals surface area contributed by atoms with E-state index in [4.69, 9.17) is 0 Å². The summed E-state index contributed by atoms with van der Waals surface area (Å²) in [5, 5.41) is 0. The first-order chi connectivity index (χ1) is 16.1. The minimum Gasteiger partial charge on any atom is -0.311 e. The number of hydrogen-bond acceptors (Lipinski definition) is 3. The molecule has 0 bridgehead atoms. The van der Waals surface area contributed by atoms with Crippen molar-refractivity contribution in [1.29, 1.82) is 0 Å². The van der Waals surface area contributed by atoms with Gasteiger partial charge in [-0.25, -0.2) is 9.98 Å². The average Bonchev–Trinajstić information content (AvgIpc) is 2.82. The summed E-state index contributed by atoms with van der Waals surface area (Å²) in [6, 6.07) is 16.5. The number of benzene rings is 2. The topological polar surface area (TPSA) is 28.0 Å². The molecule has 1 fully saturated rings. The van der Waals surface area contributed by atoms with Gasteiger partial charge < -0.3 is 4.90 Å². The summed E-state index contributed by atoms with van der Waals surface area (Å²) in [4.78, 5) is 8.35. The van der Waals surface area contributed by atoms with E-state index < -0.39 is 18.0 Å². The van der Waals surface area contributed by atoms with Crippen molar-refractivity contribution in [2.75, 3.05) is 0 Å². The number of aryl methyl sites for hydroxylation is 1. The van der Waals surface area contributed by atoms with E-state index >= 15 is 0 Å². The van der Waals surface area contributed by atoms with Crippen LogP contribution in [0, 0.1) is 0 Å². The zero-order valence-electron chi connectivity index (χ0n) is 18.4. The smallest absolute Gasteiger partial charge is 0.311 e. The molecule has 0 aromatic heterocycles. The summed E-state index contributed by atoms with van der Waals surface area (Å²) in [6.07, 6.45) is -7.32. The number of amidine groups is 2. The molecule has 0 amide bonds. The minimum absolute atomic E-state index is 0.0692. The molecule has 0 unspecified atom stereocenters. The lowest BCUT2D eigenvalue weighted by atomic mass is 9.92. The van der Waals surface area contributed by atoms with Crippen LogP contribution in [0.5, 0.6) is 0 Å². The third-order valence-electron chi connectivity index (χ3n) is 6.31. The van der Waals surface area contributed by atoms with E-state index in [1.54, 1.807) is 53.4 Å². The summed E-state index contributed by atoms with van der Waals surface area (Å²) >= 11 is 0. The Morgan fingerprint density at radius 2 is 1.29 bits per heavy atom. The Bertz CT molecular complexity index is 1010. The number of rotatable bonds is 5. The van der Waals surface area contributed by atoms with Gasteiger partial charge in [0.1, 0.15) is 11.7 Å². The van der Waals surface area contributed by atoms with Crippen molar-refractivity contribution >= 4 is 11.7 Å². The highest BCUT2D eigenvalue weighted by atomic mass is 19.4. The second-order valence-electron chi connectivity index (χ2n) is 8.64. The molecule has 0 radical (unpaired) electrons. The number of alkyl halides is 6. The van der Waals surface area contributed by atoms with Crippen LogP contribution in [-0.4, -0.2) is 40.6 Å². The van der Waals surface area contributed by atoms with Crippen LogP contribution in [0.3, 0.4) is 0 Å². The van der Waals surface area contributed by atoms with E-state index in [1.807, 2.05) is 0 Å².